The van der Waals surface area contributed by atoms with Crippen molar-refractivity contribution in [3.8, 4) is 11.8 Å². The lowest BCUT2D eigenvalue weighted by Gasteiger charge is -2.17. The van der Waals surface area contributed by atoms with Crippen LogP contribution in [0.25, 0.3) is 0 Å². The molecule has 0 aliphatic heterocycles. The van der Waals surface area contributed by atoms with Gasteiger partial charge in [-0.2, -0.15) is 0 Å². The molecule has 4 heteroatoms. The SMILES string of the molecule is CCN(CC)CCNC(=O)c1cccc(C#CCO)c1. The maximum absolute atomic E-state index is 12.0. The Balaban J connectivity index is 2.55. The summed E-state index contributed by atoms with van der Waals surface area (Å²) in [6, 6.07) is 7.10. The third-order valence-electron chi connectivity index (χ3n) is 3.04. The van der Waals surface area contributed by atoms with Crippen LogP contribution in [0.1, 0.15) is 29.8 Å². The Kier molecular flexibility index (Phi) is 7.41. The number of hydrogen-bond acceptors (Lipinski definition) is 3. The highest BCUT2D eigenvalue weighted by atomic mass is 16.2. The summed E-state index contributed by atoms with van der Waals surface area (Å²) in [5.41, 5.74) is 1.32. The van der Waals surface area contributed by atoms with E-state index in [9.17, 15) is 4.79 Å². The van der Waals surface area contributed by atoms with Gasteiger partial charge in [0.1, 0.15) is 6.61 Å². The summed E-state index contributed by atoms with van der Waals surface area (Å²) in [6.07, 6.45) is 0. The molecule has 0 aliphatic carbocycles. The van der Waals surface area contributed by atoms with E-state index in [0.29, 0.717) is 12.1 Å². The van der Waals surface area contributed by atoms with E-state index in [4.69, 9.17) is 5.11 Å². The van der Waals surface area contributed by atoms with Crippen LogP contribution in [0.4, 0.5) is 0 Å². The fourth-order valence-electron chi connectivity index (χ4n) is 1.85. The Bertz CT molecular complexity index is 485. The van der Waals surface area contributed by atoms with Crippen molar-refractivity contribution in [2.45, 2.75) is 13.8 Å². The molecule has 20 heavy (non-hydrogen) atoms. The molecule has 0 heterocycles. The first-order chi connectivity index (χ1) is 9.71. The van der Waals surface area contributed by atoms with Crippen molar-refractivity contribution in [2.75, 3.05) is 32.8 Å². The van der Waals surface area contributed by atoms with Gasteiger partial charge in [0.05, 0.1) is 0 Å². The van der Waals surface area contributed by atoms with Crippen LogP contribution in [-0.4, -0.2) is 48.7 Å². The minimum atomic E-state index is -0.180. The van der Waals surface area contributed by atoms with E-state index in [1.54, 1.807) is 18.2 Å². The summed E-state index contributed by atoms with van der Waals surface area (Å²) in [7, 11) is 0. The molecule has 1 aromatic rings. The molecular formula is C16H22N2O2. The van der Waals surface area contributed by atoms with Crippen LogP contribution in [-0.2, 0) is 0 Å². The van der Waals surface area contributed by atoms with Gasteiger partial charge in [-0.25, -0.2) is 0 Å². The highest BCUT2D eigenvalue weighted by molar-refractivity contribution is 5.94. The Morgan fingerprint density at radius 1 is 1.35 bits per heavy atom. The van der Waals surface area contributed by atoms with Crippen LogP contribution in [0.3, 0.4) is 0 Å². The molecule has 0 radical (unpaired) electrons. The molecular weight excluding hydrogens is 252 g/mol. The molecule has 0 saturated heterocycles. The predicted molar refractivity (Wildman–Crippen MR) is 80.5 cm³/mol. The Morgan fingerprint density at radius 3 is 2.75 bits per heavy atom. The van der Waals surface area contributed by atoms with Gasteiger partial charge in [0, 0.05) is 24.2 Å². The number of carbonyl (C=O) groups is 1. The van der Waals surface area contributed by atoms with Crippen molar-refractivity contribution in [1.82, 2.24) is 10.2 Å². The van der Waals surface area contributed by atoms with Gasteiger partial charge in [-0.1, -0.05) is 31.8 Å². The number of nitrogens with zero attached hydrogens (tertiary/aromatic N) is 1. The average Bonchev–Trinajstić information content (AvgIpc) is 2.49. The summed E-state index contributed by atoms with van der Waals surface area (Å²) in [6.45, 7) is 7.48. The van der Waals surface area contributed by atoms with Crippen molar-refractivity contribution in [2.24, 2.45) is 0 Å². The smallest absolute Gasteiger partial charge is 0.251 e. The third kappa shape index (κ3) is 5.43. The van der Waals surface area contributed by atoms with E-state index in [1.807, 2.05) is 6.07 Å². The van der Waals surface area contributed by atoms with Crippen LogP contribution < -0.4 is 5.32 Å². The maximum atomic E-state index is 12.0. The highest BCUT2D eigenvalue weighted by Crippen LogP contribution is 2.04. The van der Waals surface area contributed by atoms with Crippen LogP contribution in [0.2, 0.25) is 0 Å². The quantitative estimate of drug-likeness (QED) is 0.764. The molecule has 1 amide bonds. The first-order valence-electron chi connectivity index (χ1n) is 6.91. The number of rotatable bonds is 6. The molecule has 0 unspecified atom stereocenters. The second-order valence-electron chi connectivity index (χ2n) is 4.32. The molecule has 0 saturated carbocycles. The predicted octanol–water partition coefficient (Wildman–Crippen LogP) is 1.10. The van der Waals surface area contributed by atoms with E-state index >= 15 is 0 Å². The minimum Gasteiger partial charge on any atom is -0.384 e. The zero-order chi connectivity index (χ0) is 14.8. The lowest BCUT2D eigenvalue weighted by molar-refractivity contribution is 0.0949. The number of carbonyl (C=O) groups excluding carboxylic acids is 1. The normalized spacial score (nSPS) is 10.0. The summed E-state index contributed by atoms with van der Waals surface area (Å²) >= 11 is 0. The Hall–Kier alpha value is -1.83. The molecule has 1 rings (SSSR count). The first-order valence-corrected chi connectivity index (χ1v) is 6.91. The van der Waals surface area contributed by atoms with Gasteiger partial charge < -0.3 is 15.3 Å². The number of benzene rings is 1. The summed E-state index contributed by atoms with van der Waals surface area (Å²) in [5, 5.41) is 11.6. The molecule has 0 aliphatic rings. The van der Waals surface area contributed by atoms with Crippen LogP contribution in [0, 0.1) is 11.8 Å². The van der Waals surface area contributed by atoms with Crippen LogP contribution in [0.15, 0.2) is 24.3 Å². The van der Waals surface area contributed by atoms with Crippen molar-refractivity contribution in [3.05, 3.63) is 35.4 Å². The molecule has 0 spiro atoms. The van der Waals surface area contributed by atoms with E-state index in [1.165, 1.54) is 0 Å². The second-order valence-corrected chi connectivity index (χ2v) is 4.32. The number of amides is 1. The summed E-state index contributed by atoms with van der Waals surface area (Å²) in [5.74, 6) is 5.27. The molecule has 0 bridgehead atoms. The fourth-order valence-corrected chi connectivity index (χ4v) is 1.85. The maximum Gasteiger partial charge on any atom is 0.251 e. The zero-order valence-corrected chi connectivity index (χ0v) is 12.1. The summed E-state index contributed by atoms with van der Waals surface area (Å²) < 4.78 is 0. The van der Waals surface area contributed by atoms with Gasteiger partial charge in [-0.3, -0.25) is 4.79 Å². The van der Waals surface area contributed by atoms with Gasteiger partial charge >= 0.3 is 0 Å². The van der Waals surface area contributed by atoms with Gasteiger partial charge in [0.15, 0.2) is 0 Å². The van der Waals surface area contributed by atoms with Crippen LogP contribution in [0.5, 0.6) is 0 Å². The first kappa shape index (κ1) is 16.2. The largest absolute Gasteiger partial charge is 0.384 e. The van der Waals surface area contributed by atoms with Gasteiger partial charge in [-0.15, -0.1) is 0 Å². The number of likely N-dealkylation sites (N-methyl/N-ethyl adjacent to an activating group) is 1. The standard InChI is InChI=1S/C16H22N2O2/c1-3-18(4-2)11-10-17-16(20)15-9-5-7-14(13-15)8-6-12-19/h5,7,9,13,19H,3-4,10-12H2,1-2H3,(H,17,20). The molecule has 0 aromatic heterocycles. The average molecular weight is 274 g/mol. The van der Waals surface area contributed by atoms with E-state index in [2.05, 4.69) is 35.9 Å². The molecule has 1 aromatic carbocycles. The number of hydrogen-bond donors (Lipinski definition) is 2. The minimum absolute atomic E-state index is 0.0928. The van der Waals surface area contributed by atoms with Gasteiger partial charge in [-0.05, 0) is 31.3 Å². The van der Waals surface area contributed by atoms with Crippen LogP contribution >= 0.6 is 0 Å². The molecule has 2 N–H and O–H groups in total. The number of nitrogens with one attached hydrogen (secondary N) is 1. The number of aliphatic hydroxyl groups excluding tert-OH is 1. The van der Waals surface area contributed by atoms with Crippen molar-refractivity contribution in [3.63, 3.8) is 0 Å². The topological polar surface area (TPSA) is 52.6 Å². The third-order valence-corrected chi connectivity index (χ3v) is 3.04. The van der Waals surface area contributed by atoms with Crippen molar-refractivity contribution in [1.29, 1.82) is 0 Å². The monoisotopic (exact) mass is 274 g/mol. The molecule has 108 valence electrons. The summed E-state index contributed by atoms with van der Waals surface area (Å²) in [4.78, 5) is 14.3. The second kappa shape index (κ2) is 9.13. The lowest BCUT2D eigenvalue weighted by atomic mass is 10.1. The lowest BCUT2D eigenvalue weighted by Crippen LogP contribution is -2.34. The highest BCUT2D eigenvalue weighted by Gasteiger charge is 2.06. The van der Waals surface area contributed by atoms with E-state index in [-0.39, 0.29) is 12.5 Å². The van der Waals surface area contributed by atoms with E-state index < -0.39 is 0 Å². The van der Waals surface area contributed by atoms with Crippen molar-refractivity contribution < 1.29 is 9.90 Å². The zero-order valence-electron chi connectivity index (χ0n) is 12.1. The van der Waals surface area contributed by atoms with E-state index in [0.717, 1.165) is 25.2 Å². The fraction of sp³-hybridized carbons (Fsp3) is 0.438. The Labute approximate surface area is 120 Å². The molecule has 0 atom stereocenters. The Morgan fingerprint density at radius 2 is 2.10 bits per heavy atom. The number of aliphatic hydroxyl groups is 1. The van der Waals surface area contributed by atoms with Crippen molar-refractivity contribution >= 4 is 5.91 Å². The van der Waals surface area contributed by atoms with Gasteiger partial charge in [0.25, 0.3) is 5.91 Å². The molecule has 0 fully saturated rings. The van der Waals surface area contributed by atoms with Gasteiger partial charge in [0.2, 0.25) is 0 Å². The molecule has 4 nitrogen and oxygen atoms in total.